The van der Waals surface area contributed by atoms with Gasteiger partial charge in [-0.15, -0.1) is 0 Å². The van der Waals surface area contributed by atoms with Crippen molar-refractivity contribution in [2.75, 3.05) is 19.4 Å². The predicted molar refractivity (Wildman–Crippen MR) is 108 cm³/mol. The van der Waals surface area contributed by atoms with Gasteiger partial charge in [-0.25, -0.2) is 0 Å². The molecule has 6 heteroatoms. The number of thioether (sulfide) groups is 1. The summed E-state index contributed by atoms with van der Waals surface area (Å²) >= 11 is 7.87. The molecule has 0 aromatic heterocycles. The van der Waals surface area contributed by atoms with Crippen molar-refractivity contribution in [3.63, 3.8) is 0 Å². The van der Waals surface area contributed by atoms with Crippen LogP contribution in [0.3, 0.4) is 0 Å². The average molecular weight is 394 g/mol. The molecule has 0 radical (unpaired) electrons. The molecule has 0 heterocycles. The molecule has 0 aliphatic rings. The molecular formula is C20H24ClNO3S. The van der Waals surface area contributed by atoms with Gasteiger partial charge in [-0.3, -0.25) is 4.79 Å². The Morgan fingerprint density at radius 2 is 1.96 bits per heavy atom. The van der Waals surface area contributed by atoms with Crippen LogP contribution in [-0.4, -0.2) is 31.4 Å². The van der Waals surface area contributed by atoms with Gasteiger partial charge in [-0.2, -0.15) is 11.8 Å². The summed E-state index contributed by atoms with van der Waals surface area (Å²) in [6.07, 6.45) is 0.0752. The van der Waals surface area contributed by atoms with Gasteiger partial charge in [-0.1, -0.05) is 42.8 Å². The Morgan fingerprint density at radius 3 is 2.69 bits per heavy atom. The number of hydrogen-bond acceptors (Lipinski definition) is 4. The number of ether oxygens (including phenoxy) is 2. The van der Waals surface area contributed by atoms with E-state index < -0.39 is 6.10 Å². The predicted octanol–water partition coefficient (Wildman–Crippen LogP) is 4.56. The fourth-order valence-electron chi connectivity index (χ4n) is 2.32. The second-order valence-electron chi connectivity index (χ2n) is 5.63. The van der Waals surface area contributed by atoms with Gasteiger partial charge in [0.2, 0.25) is 0 Å². The van der Waals surface area contributed by atoms with Crippen LogP contribution in [0.2, 0.25) is 5.02 Å². The van der Waals surface area contributed by atoms with Gasteiger partial charge in [0.15, 0.2) is 6.10 Å². The highest BCUT2D eigenvalue weighted by atomic mass is 35.5. The van der Waals surface area contributed by atoms with E-state index in [1.807, 2.05) is 49.4 Å². The standard InChI is InChI=1S/C20H24ClNO3S/c1-3-19(25-17-9-6-8-16(13-17)24-2)20(23)22-11-12-26-14-15-7-4-5-10-18(15)21/h4-10,13,19H,3,11-12,14H2,1-2H3,(H,22,23). The van der Waals surface area contributed by atoms with E-state index in [0.29, 0.717) is 24.5 Å². The first kappa shape index (κ1) is 20.5. The highest BCUT2D eigenvalue weighted by Crippen LogP contribution is 2.21. The van der Waals surface area contributed by atoms with E-state index >= 15 is 0 Å². The molecule has 0 aliphatic heterocycles. The lowest BCUT2D eigenvalue weighted by Gasteiger charge is -2.17. The third-order valence-electron chi connectivity index (χ3n) is 3.74. The number of carbonyl (C=O) groups is 1. The molecule has 0 saturated carbocycles. The zero-order valence-corrected chi connectivity index (χ0v) is 16.6. The molecule has 26 heavy (non-hydrogen) atoms. The van der Waals surface area contributed by atoms with Gasteiger partial charge in [0.1, 0.15) is 11.5 Å². The summed E-state index contributed by atoms with van der Waals surface area (Å²) in [4.78, 5) is 12.3. The van der Waals surface area contributed by atoms with E-state index in [1.165, 1.54) is 0 Å². The second kappa shape index (κ2) is 11.0. The van der Waals surface area contributed by atoms with E-state index in [-0.39, 0.29) is 5.91 Å². The average Bonchev–Trinajstić information content (AvgIpc) is 2.67. The van der Waals surface area contributed by atoms with Crippen molar-refractivity contribution in [3.05, 3.63) is 59.1 Å². The Labute approximate surface area is 164 Å². The number of hydrogen-bond donors (Lipinski definition) is 1. The molecule has 0 spiro atoms. The highest BCUT2D eigenvalue weighted by Gasteiger charge is 2.18. The summed E-state index contributed by atoms with van der Waals surface area (Å²) < 4.78 is 11.0. The molecule has 4 nitrogen and oxygen atoms in total. The molecule has 1 atom stereocenters. The Morgan fingerprint density at radius 1 is 1.19 bits per heavy atom. The van der Waals surface area contributed by atoms with Crippen molar-refractivity contribution in [1.29, 1.82) is 0 Å². The third kappa shape index (κ3) is 6.46. The van der Waals surface area contributed by atoms with Crippen LogP contribution in [0, 0.1) is 0 Å². The number of benzene rings is 2. The van der Waals surface area contributed by atoms with Gasteiger partial charge < -0.3 is 14.8 Å². The van der Waals surface area contributed by atoms with E-state index in [1.54, 1.807) is 24.9 Å². The summed E-state index contributed by atoms with van der Waals surface area (Å²) in [5.74, 6) is 2.86. The van der Waals surface area contributed by atoms with Crippen molar-refractivity contribution in [2.24, 2.45) is 0 Å². The number of amides is 1. The third-order valence-corrected chi connectivity index (χ3v) is 5.12. The molecule has 0 saturated heterocycles. The molecule has 140 valence electrons. The quantitative estimate of drug-likeness (QED) is 0.601. The normalized spacial score (nSPS) is 11.7. The molecule has 1 amide bonds. The van der Waals surface area contributed by atoms with Crippen LogP contribution in [-0.2, 0) is 10.5 Å². The van der Waals surface area contributed by atoms with Crippen LogP contribution in [0.25, 0.3) is 0 Å². The summed E-state index contributed by atoms with van der Waals surface area (Å²) in [5, 5.41) is 3.71. The van der Waals surface area contributed by atoms with Crippen molar-refractivity contribution >= 4 is 29.3 Å². The van der Waals surface area contributed by atoms with Crippen LogP contribution < -0.4 is 14.8 Å². The molecule has 2 rings (SSSR count). The molecule has 0 bridgehead atoms. The fourth-order valence-corrected chi connectivity index (χ4v) is 3.46. The molecule has 0 fully saturated rings. The second-order valence-corrected chi connectivity index (χ2v) is 7.14. The number of carbonyl (C=O) groups excluding carboxylic acids is 1. The largest absolute Gasteiger partial charge is 0.497 e. The topological polar surface area (TPSA) is 47.6 Å². The Balaban J connectivity index is 1.73. The van der Waals surface area contributed by atoms with Gasteiger partial charge in [0, 0.05) is 29.1 Å². The first-order chi connectivity index (χ1) is 12.6. The van der Waals surface area contributed by atoms with E-state index in [4.69, 9.17) is 21.1 Å². The number of halogens is 1. The first-order valence-corrected chi connectivity index (χ1v) is 10.1. The zero-order chi connectivity index (χ0) is 18.8. The Kier molecular flexibility index (Phi) is 8.65. The molecule has 1 unspecified atom stereocenters. The van der Waals surface area contributed by atoms with Gasteiger partial charge in [0.25, 0.3) is 5.91 Å². The number of rotatable bonds is 10. The number of methoxy groups -OCH3 is 1. The van der Waals surface area contributed by atoms with Gasteiger partial charge >= 0.3 is 0 Å². The fraction of sp³-hybridized carbons (Fsp3) is 0.350. The molecule has 2 aromatic rings. The molecular weight excluding hydrogens is 370 g/mol. The summed E-state index contributed by atoms with van der Waals surface area (Å²) in [5.41, 5.74) is 1.11. The van der Waals surface area contributed by atoms with Crippen LogP contribution in [0.15, 0.2) is 48.5 Å². The smallest absolute Gasteiger partial charge is 0.261 e. The van der Waals surface area contributed by atoms with E-state index in [9.17, 15) is 4.79 Å². The maximum absolute atomic E-state index is 12.3. The highest BCUT2D eigenvalue weighted by molar-refractivity contribution is 7.98. The van der Waals surface area contributed by atoms with E-state index in [0.717, 1.165) is 22.1 Å². The lowest BCUT2D eigenvalue weighted by atomic mass is 10.2. The van der Waals surface area contributed by atoms with Crippen LogP contribution in [0.1, 0.15) is 18.9 Å². The van der Waals surface area contributed by atoms with Crippen molar-refractivity contribution in [1.82, 2.24) is 5.32 Å². The Bertz CT molecular complexity index is 711. The zero-order valence-electron chi connectivity index (χ0n) is 15.0. The van der Waals surface area contributed by atoms with Crippen LogP contribution >= 0.6 is 23.4 Å². The van der Waals surface area contributed by atoms with Crippen LogP contribution in [0.5, 0.6) is 11.5 Å². The molecule has 2 aromatic carbocycles. The summed E-state index contributed by atoms with van der Waals surface area (Å²) in [6, 6.07) is 15.1. The van der Waals surface area contributed by atoms with Gasteiger partial charge in [0.05, 0.1) is 7.11 Å². The van der Waals surface area contributed by atoms with Gasteiger partial charge in [-0.05, 0) is 30.2 Å². The maximum Gasteiger partial charge on any atom is 0.261 e. The summed E-state index contributed by atoms with van der Waals surface area (Å²) in [6.45, 7) is 2.52. The van der Waals surface area contributed by atoms with E-state index in [2.05, 4.69) is 5.32 Å². The molecule has 1 N–H and O–H groups in total. The lowest BCUT2D eigenvalue weighted by Crippen LogP contribution is -2.39. The maximum atomic E-state index is 12.3. The van der Waals surface area contributed by atoms with Crippen molar-refractivity contribution in [2.45, 2.75) is 25.2 Å². The molecule has 0 aliphatic carbocycles. The number of nitrogens with one attached hydrogen (secondary N) is 1. The minimum atomic E-state index is -0.518. The van der Waals surface area contributed by atoms with Crippen molar-refractivity contribution in [3.8, 4) is 11.5 Å². The monoisotopic (exact) mass is 393 g/mol. The van der Waals surface area contributed by atoms with Crippen molar-refractivity contribution < 1.29 is 14.3 Å². The minimum absolute atomic E-state index is 0.103. The summed E-state index contributed by atoms with van der Waals surface area (Å²) in [7, 11) is 1.60. The SMILES string of the molecule is CCC(Oc1cccc(OC)c1)C(=O)NCCSCc1ccccc1Cl. The van der Waals surface area contributed by atoms with Crippen LogP contribution in [0.4, 0.5) is 0 Å². The Hall–Kier alpha value is -1.85. The lowest BCUT2D eigenvalue weighted by molar-refractivity contribution is -0.127. The first-order valence-electron chi connectivity index (χ1n) is 8.53. The minimum Gasteiger partial charge on any atom is -0.497 e.